The number of para-hydroxylation sites is 1. The number of nitrogens with one attached hydrogen (secondary N) is 1. The zero-order chi connectivity index (χ0) is 12.1. The first kappa shape index (κ1) is 12.1. The smallest absolute Gasteiger partial charge is 0.178 e. The Hall–Kier alpha value is -1.39. The number of carbonyl (C=O) groups excluding carboxylic acids is 1. The van der Waals surface area contributed by atoms with E-state index in [2.05, 4.69) is 5.32 Å². The summed E-state index contributed by atoms with van der Waals surface area (Å²) in [5, 5.41) is 3.41. The average molecular weight is 234 g/mol. The largest absolute Gasteiger partial charge is 0.382 e. The lowest BCUT2D eigenvalue weighted by Crippen LogP contribution is -2.29. The van der Waals surface area contributed by atoms with Gasteiger partial charge < -0.3 is 15.8 Å². The summed E-state index contributed by atoms with van der Waals surface area (Å²) in [6.07, 6.45) is 1.95. The van der Waals surface area contributed by atoms with Crippen molar-refractivity contribution in [2.45, 2.75) is 18.9 Å². The van der Waals surface area contributed by atoms with Crippen LogP contribution in [0, 0.1) is 0 Å². The second kappa shape index (κ2) is 5.80. The summed E-state index contributed by atoms with van der Waals surface area (Å²) in [6.45, 7) is 1.61. The Morgan fingerprint density at radius 1 is 1.35 bits per heavy atom. The van der Waals surface area contributed by atoms with Crippen molar-refractivity contribution in [2.75, 3.05) is 25.1 Å². The molecule has 0 unspecified atom stereocenters. The molecule has 1 aromatic rings. The van der Waals surface area contributed by atoms with Crippen LogP contribution in [0.5, 0.6) is 0 Å². The monoisotopic (exact) mass is 234 g/mol. The Morgan fingerprint density at radius 3 is 2.76 bits per heavy atom. The zero-order valence-corrected chi connectivity index (χ0v) is 9.82. The molecule has 1 heterocycles. The summed E-state index contributed by atoms with van der Waals surface area (Å²) in [5.41, 5.74) is 6.97. The minimum absolute atomic E-state index is 0.0276. The first-order valence-corrected chi connectivity index (χ1v) is 5.98. The minimum Gasteiger partial charge on any atom is -0.382 e. The molecule has 1 aromatic carbocycles. The molecule has 0 amide bonds. The van der Waals surface area contributed by atoms with Crippen molar-refractivity contribution in [1.29, 1.82) is 0 Å². The molecule has 1 fully saturated rings. The number of ether oxygens (including phenoxy) is 1. The maximum absolute atomic E-state index is 11.7. The van der Waals surface area contributed by atoms with Crippen molar-refractivity contribution in [2.24, 2.45) is 5.73 Å². The molecule has 3 N–H and O–H groups in total. The van der Waals surface area contributed by atoms with Gasteiger partial charge in [0.05, 0.1) is 6.54 Å². The van der Waals surface area contributed by atoms with Gasteiger partial charge in [-0.3, -0.25) is 4.79 Å². The Morgan fingerprint density at radius 2 is 2.06 bits per heavy atom. The predicted molar refractivity (Wildman–Crippen MR) is 67.3 cm³/mol. The molecule has 1 aliphatic rings. The van der Waals surface area contributed by atoms with Crippen LogP contribution in [-0.2, 0) is 4.74 Å². The molecule has 4 nitrogen and oxygen atoms in total. The van der Waals surface area contributed by atoms with Gasteiger partial charge in [0, 0.05) is 30.5 Å². The number of Topliss-reactive ketones (excluding diaryl/α,β-unsaturated/α-hetero) is 1. The van der Waals surface area contributed by atoms with Crippen LogP contribution in [0.3, 0.4) is 0 Å². The molecule has 0 spiro atoms. The van der Waals surface area contributed by atoms with Crippen molar-refractivity contribution >= 4 is 11.5 Å². The Bertz CT molecular complexity index is 387. The van der Waals surface area contributed by atoms with Crippen LogP contribution in [-0.4, -0.2) is 31.6 Å². The van der Waals surface area contributed by atoms with E-state index < -0.39 is 0 Å². The van der Waals surface area contributed by atoms with Gasteiger partial charge in [-0.2, -0.15) is 0 Å². The molecular weight excluding hydrogens is 216 g/mol. The number of hydrogen-bond donors (Lipinski definition) is 2. The lowest BCUT2D eigenvalue weighted by atomic mass is 10.0. The summed E-state index contributed by atoms with van der Waals surface area (Å²) in [4.78, 5) is 11.7. The third kappa shape index (κ3) is 3.05. The molecule has 92 valence electrons. The van der Waals surface area contributed by atoms with Crippen LogP contribution in [0.25, 0.3) is 0 Å². The van der Waals surface area contributed by atoms with E-state index >= 15 is 0 Å². The molecule has 0 aliphatic carbocycles. The quantitative estimate of drug-likeness (QED) is 0.773. The summed E-state index contributed by atoms with van der Waals surface area (Å²) in [5.74, 6) is -0.0276. The van der Waals surface area contributed by atoms with Crippen molar-refractivity contribution in [3.63, 3.8) is 0 Å². The fraction of sp³-hybridized carbons (Fsp3) is 0.462. The Labute approximate surface area is 101 Å². The normalized spacial score (nSPS) is 16.8. The van der Waals surface area contributed by atoms with E-state index in [9.17, 15) is 4.79 Å². The van der Waals surface area contributed by atoms with Gasteiger partial charge in [-0.15, -0.1) is 0 Å². The third-order valence-corrected chi connectivity index (χ3v) is 2.99. The standard InChI is InChI=1S/C13H18N2O2/c14-9-13(16)11-3-1-2-4-12(11)15-10-5-7-17-8-6-10/h1-4,10,15H,5-9,14H2. The van der Waals surface area contributed by atoms with E-state index in [1.54, 1.807) is 0 Å². The maximum Gasteiger partial charge on any atom is 0.178 e. The van der Waals surface area contributed by atoms with E-state index in [0.29, 0.717) is 11.6 Å². The molecule has 1 saturated heterocycles. The topological polar surface area (TPSA) is 64.4 Å². The molecule has 4 heteroatoms. The summed E-state index contributed by atoms with van der Waals surface area (Å²) >= 11 is 0. The minimum atomic E-state index is -0.0276. The highest BCUT2D eigenvalue weighted by Crippen LogP contribution is 2.19. The fourth-order valence-electron chi connectivity index (χ4n) is 2.02. The number of ketones is 1. The molecular formula is C13H18N2O2. The second-order valence-electron chi connectivity index (χ2n) is 4.20. The van der Waals surface area contributed by atoms with Crippen LogP contribution >= 0.6 is 0 Å². The average Bonchev–Trinajstić information content (AvgIpc) is 2.40. The number of hydrogen-bond acceptors (Lipinski definition) is 4. The lowest BCUT2D eigenvalue weighted by molar-refractivity contribution is 0.0904. The van der Waals surface area contributed by atoms with Gasteiger partial charge in [-0.05, 0) is 25.0 Å². The summed E-state index contributed by atoms with van der Waals surface area (Å²) in [7, 11) is 0. The molecule has 0 atom stereocenters. The first-order chi connectivity index (χ1) is 8.31. The number of anilines is 1. The van der Waals surface area contributed by atoms with E-state index in [1.807, 2.05) is 24.3 Å². The van der Waals surface area contributed by atoms with Crippen molar-refractivity contribution in [3.05, 3.63) is 29.8 Å². The predicted octanol–water partition coefficient (Wildman–Crippen LogP) is 1.42. The molecule has 2 rings (SSSR count). The van der Waals surface area contributed by atoms with Crippen molar-refractivity contribution < 1.29 is 9.53 Å². The van der Waals surface area contributed by atoms with Gasteiger partial charge in [0.1, 0.15) is 0 Å². The number of carbonyl (C=O) groups is 1. The van der Waals surface area contributed by atoms with Gasteiger partial charge in [0.15, 0.2) is 5.78 Å². The SMILES string of the molecule is NCC(=O)c1ccccc1NC1CCOCC1. The van der Waals surface area contributed by atoms with Crippen LogP contribution in [0.1, 0.15) is 23.2 Å². The highest BCUT2D eigenvalue weighted by atomic mass is 16.5. The molecule has 0 saturated carbocycles. The molecule has 0 radical (unpaired) electrons. The van der Waals surface area contributed by atoms with E-state index in [4.69, 9.17) is 10.5 Å². The number of rotatable bonds is 4. The second-order valence-corrected chi connectivity index (χ2v) is 4.20. The van der Waals surface area contributed by atoms with Gasteiger partial charge in [-0.25, -0.2) is 0 Å². The Kier molecular flexibility index (Phi) is 4.12. The molecule has 17 heavy (non-hydrogen) atoms. The van der Waals surface area contributed by atoms with Crippen molar-refractivity contribution in [3.8, 4) is 0 Å². The fourth-order valence-corrected chi connectivity index (χ4v) is 2.02. The van der Waals surface area contributed by atoms with Gasteiger partial charge in [0.25, 0.3) is 0 Å². The highest BCUT2D eigenvalue weighted by molar-refractivity contribution is 6.02. The van der Waals surface area contributed by atoms with Crippen LogP contribution in [0.2, 0.25) is 0 Å². The number of benzene rings is 1. The zero-order valence-electron chi connectivity index (χ0n) is 9.82. The highest BCUT2D eigenvalue weighted by Gasteiger charge is 2.16. The van der Waals surface area contributed by atoms with Gasteiger partial charge in [-0.1, -0.05) is 12.1 Å². The molecule has 0 aromatic heterocycles. The Balaban J connectivity index is 2.11. The van der Waals surface area contributed by atoms with Crippen LogP contribution < -0.4 is 11.1 Å². The summed E-state index contributed by atoms with van der Waals surface area (Å²) < 4.78 is 5.31. The van der Waals surface area contributed by atoms with Crippen molar-refractivity contribution in [1.82, 2.24) is 0 Å². The van der Waals surface area contributed by atoms with Gasteiger partial charge >= 0.3 is 0 Å². The van der Waals surface area contributed by atoms with Crippen LogP contribution in [0.15, 0.2) is 24.3 Å². The first-order valence-electron chi connectivity index (χ1n) is 5.98. The van der Waals surface area contributed by atoms with E-state index in [-0.39, 0.29) is 12.3 Å². The van der Waals surface area contributed by atoms with Crippen LogP contribution in [0.4, 0.5) is 5.69 Å². The summed E-state index contributed by atoms with van der Waals surface area (Å²) in [6, 6.07) is 7.91. The third-order valence-electron chi connectivity index (χ3n) is 2.99. The van der Waals surface area contributed by atoms with E-state index in [0.717, 1.165) is 31.7 Å². The lowest BCUT2D eigenvalue weighted by Gasteiger charge is -2.25. The molecule has 1 aliphatic heterocycles. The maximum atomic E-state index is 11.7. The van der Waals surface area contributed by atoms with E-state index in [1.165, 1.54) is 0 Å². The number of nitrogens with two attached hydrogens (primary N) is 1. The molecule has 0 bridgehead atoms. The van der Waals surface area contributed by atoms with Gasteiger partial charge in [0.2, 0.25) is 0 Å².